The van der Waals surface area contributed by atoms with Gasteiger partial charge < -0.3 is 9.80 Å². The van der Waals surface area contributed by atoms with Crippen LogP contribution in [0.4, 0.5) is 10.1 Å². The molecule has 0 radical (unpaired) electrons. The quantitative estimate of drug-likeness (QED) is 0.758. The number of hydrogen-bond donors (Lipinski definition) is 0. The Labute approximate surface area is 155 Å². The van der Waals surface area contributed by atoms with Crippen molar-refractivity contribution >= 4 is 11.6 Å². The average Bonchev–Trinajstić information content (AvgIpc) is 3.17. The predicted octanol–water partition coefficient (Wildman–Crippen LogP) is 4.58. The van der Waals surface area contributed by atoms with Crippen LogP contribution in [0, 0.1) is 5.82 Å². The number of para-hydroxylation sites is 1. The minimum Gasteiger partial charge on any atom is -0.371 e. The minimum absolute atomic E-state index is 0.0689. The monoisotopic (exact) mass is 354 g/mol. The van der Waals surface area contributed by atoms with E-state index in [0.717, 1.165) is 18.7 Å². The standard InChI is InChI=1S/C22H27FN2O/c1-17(18-9-11-20(23)12-10-18)15-22(26)24(2)16-19-7-3-4-8-21(19)25-13-5-6-14-25/h3-4,7-12,17H,5-6,13-16H2,1-2H3. The summed E-state index contributed by atoms with van der Waals surface area (Å²) >= 11 is 0. The zero-order valence-corrected chi connectivity index (χ0v) is 15.6. The maximum Gasteiger partial charge on any atom is 0.223 e. The van der Waals surface area contributed by atoms with Gasteiger partial charge in [-0.3, -0.25) is 4.79 Å². The highest BCUT2D eigenvalue weighted by atomic mass is 19.1. The van der Waals surface area contributed by atoms with Crippen LogP contribution in [0.2, 0.25) is 0 Å². The van der Waals surface area contributed by atoms with Crippen molar-refractivity contribution in [3.63, 3.8) is 0 Å². The zero-order valence-electron chi connectivity index (χ0n) is 15.6. The summed E-state index contributed by atoms with van der Waals surface area (Å²) in [6.45, 7) is 4.81. The SMILES string of the molecule is CC(CC(=O)N(C)Cc1ccccc1N1CCCC1)c1ccc(F)cc1. The minimum atomic E-state index is -0.247. The molecular formula is C22H27FN2O. The summed E-state index contributed by atoms with van der Waals surface area (Å²) in [6.07, 6.45) is 2.89. The van der Waals surface area contributed by atoms with Crippen LogP contribution in [0.15, 0.2) is 48.5 Å². The van der Waals surface area contributed by atoms with E-state index < -0.39 is 0 Å². The molecule has 0 N–H and O–H groups in total. The first kappa shape index (κ1) is 18.4. The Hall–Kier alpha value is -2.36. The highest BCUT2D eigenvalue weighted by molar-refractivity contribution is 5.77. The fourth-order valence-electron chi connectivity index (χ4n) is 3.58. The second-order valence-corrected chi connectivity index (χ2v) is 7.23. The molecule has 2 aromatic carbocycles. The summed E-state index contributed by atoms with van der Waals surface area (Å²) in [5, 5.41) is 0. The van der Waals surface area contributed by atoms with Gasteiger partial charge in [0, 0.05) is 38.8 Å². The number of nitrogens with zero attached hydrogens (tertiary/aromatic N) is 2. The van der Waals surface area contributed by atoms with E-state index in [0.29, 0.717) is 13.0 Å². The predicted molar refractivity (Wildman–Crippen MR) is 104 cm³/mol. The molecule has 1 aliphatic rings. The number of carbonyl (C=O) groups is 1. The highest BCUT2D eigenvalue weighted by Crippen LogP contribution is 2.26. The molecule has 0 aliphatic carbocycles. The van der Waals surface area contributed by atoms with E-state index in [1.807, 2.05) is 20.0 Å². The fourth-order valence-corrected chi connectivity index (χ4v) is 3.58. The molecule has 1 saturated heterocycles. The molecule has 3 rings (SSSR count). The number of benzene rings is 2. The summed E-state index contributed by atoms with van der Waals surface area (Å²) in [6, 6.07) is 14.8. The molecule has 4 heteroatoms. The van der Waals surface area contributed by atoms with Gasteiger partial charge in [-0.2, -0.15) is 0 Å². The van der Waals surface area contributed by atoms with Crippen LogP contribution in [-0.2, 0) is 11.3 Å². The van der Waals surface area contributed by atoms with Crippen LogP contribution < -0.4 is 4.90 Å². The Kier molecular flexibility index (Phi) is 5.92. The second-order valence-electron chi connectivity index (χ2n) is 7.23. The summed E-state index contributed by atoms with van der Waals surface area (Å²) in [4.78, 5) is 16.9. The van der Waals surface area contributed by atoms with Crippen molar-refractivity contribution in [2.45, 2.75) is 38.6 Å². The lowest BCUT2D eigenvalue weighted by Gasteiger charge is -2.25. The van der Waals surface area contributed by atoms with E-state index >= 15 is 0 Å². The molecule has 1 fully saturated rings. The van der Waals surface area contributed by atoms with Gasteiger partial charge in [0.2, 0.25) is 5.91 Å². The maximum atomic E-state index is 13.1. The van der Waals surface area contributed by atoms with Gasteiger partial charge in [-0.25, -0.2) is 4.39 Å². The Balaban J connectivity index is 1.63. The molecule has 138 valence electrons. The molecule has 3 nitrogen and oxygen atoms in total. The first-order chi connectivity index (χ1) is 12.5. The first-order valence-electron chi connectivity index (χ1n) is 9.37. The van der Waals surface area contributed by atoms with Crippen LogP contribution in [0.25, 0.3) is 0 Å². The number of hydrogen-bond acceptors (Lipinski definition) is 2. The Morgan fingerprint density at radius 3 is 2.46 bits per heavy atom. The molecule has 1 heterocycles. The zero-order chi connectivity index (χ0) is 18.5. The van der Waals surface area contributed by atoms with Gasteiger partial charge in [0.1, 0.15) is 5.82 Å². The molecule has 1 aliphatic heterocycles. The smallest absolute Gasteiger partial charge is 0.223 e. The first-order valence-corrected chi connectivity index (χ1v) is 9.37. The molecule has 26 heavy (non-hydrogen) atoms. The number of anilines is 1. The van der Waals surface area contributed by atoms with E-state index in [4.69, 9.17) is 0 Å². The Bertz CT molecular complexity index is 738. The molecule has 1 amide bonds. The fraction of sp³-hybridized carbons (Fsp3) is 0.409. The third-order valence-corrected chi connectivity index (χ3v) is 5.19. The molecule has 1 unspecified atom stereocenters. The molecule has 0 aromatic heterocycles. The van der Waals surface area contributed by atoms with Gasteiger partial charge in [-0.15, -0.1) is 0 Å². The lowest BCUT2D eigenvalue weighted by molar-refractivity contribution is -0.130. The van der Waals surface area contributed by atoms with Crippen molar-refractivity contribution in [1.29, 1.82) is 0 Å². The van der Waals surface area contributed by atoms with Crippen molar-refractivity contribution < 1.29 is 9.18 Å². The Morgan fingerprint density at radius 1 is 1.12 bits per heavy atom. The number of carbonyl (C=O) groups excluding carboxylic acids is 1. The van der Waals surface area contributed by atoms with Crippen LogP contribution in [0.3, 0.4) is 0 Å². The molecular weight excluding hydrogens is 327 g/mol. The topological polar surface area (TPSA) is 23.6 Å². The van der Waals surface area contributed by atoms with Gasteiger partial charge >= 0.3 is 0 Å². The van der Waals surface area contributed by atoms with Crippen molar-refractivity contribution in [3.05, 3.63) is 65.5 Å². The van der Waals surface area contributed by atoms with E-state index in [2.05, 4.69) is 23.1 Å². The number of halogens is 1. The van der Waals surface area contributed by atoms with Gasteiger partial charge in [0.15, 0.2) is 0 Å². The number of amides is 1. The van der Waals surface area contributed by atoms with Gasteiger partial charge in [0.05, 0.1) is 0 Å². The maximum absolute atomic E-state index is 13.1. The van der Waals surface area contributed by atoms with Gasteiger partial charge in [-0.1, -0.05) is 37.3 Å². The van der Waals surface area contributed by atoms with Crippen molar-refractivity contribution in [3.8, 4) is 0 Å². The van der Waals surface area contributed by atoms with Crippen LogP contribution in [0.1, 0.15) is 43.2 Å². The van der Waals surface area contributed by atoms with Crippen LogP contribution in [-0.4, -0.2) is 30.9 Å². The average molecular weight is 354 g/mol. The van der Waals surface area contributed by atoms with Crippen molar-refractivity contribution in [2.24, 2.45) is 0 Å². The highest BCUT2D eigenvalue weighted by Gasteiger charge is 2.19. The van der Waals surface area contributed by atoms with E-state index in [-0.39, 0.29) is 17.6 Å². The normalized spacial score (nSPS) is 15.1. The lowest BCUT2D eigenvalue weighted by Crippen LogP contribution is -2.28. The summed E-state index contributed by atoms with van der Waals surface area (Å²) in [5.41, 5.74) is 3.43. The van der Waals surface area contributed by atoms with Crippen LogP contribution in [0.5, 0.6) is 0 Å². The third-order valence-electron chi connectivity index (χ3n) is 5.19. The molecule has 2 aromatic rings. The molecule has 0 bridgehead atoms. The van der Waals surface area contributed by atoms with Crippen LogP contribution >= 0.6 is 0 Å². The molecule has 1 atom stereocenters. The molecule has 0 saturated carbocycles. The summed E-state index contributed by atoms with van der Waals surface area (Å²) in [5.74, 6) is -0.0691. The number of rotatable bonds is 6. The largest absolute Gasteiger partial charge is 0.371 e. The van der Waals surface area contributed by atoms with E-state index in [1.54, 1.807) is 17.0 Å². The Morgan fingerprint density at radius 2 is 1.77 bits per heavy atom. The van der Waals surface area contributed by atoms with E-state index in [1.165, 1.54) is 36.2 Å². The second kappa shape index (κ2) is 8.35. The van der Waals surface area contributed by atoms with Gasteiger partial charge in [-0.05, 0) is 48.1 Å². The lowest BCUT2D eigenvalue weighted by atomic mass is 9.97. The summed E-state index contributed by atoms with van der Waals surface area (Å²) in [7, 11) is 1.86. The third kappa shape index (κ3) is 4.43. The van der Waals surface area contributed by atoms with E-state index in [9.17, 15) is 9.18 Å². The summed E-state index contributed by atoms with van der Waals surface area (Å²) < 4.78 is 13.1. The van der Waals surface area contributed by atoms with Crippen molar-refractivity contribution in [2.75, 3.05) is 25.0 Å². The van der Waals surface area contributed by atoms with Crippen molar-refractivity contribution in [1.82, 2.24) is 4.90 Å². The van der Waals surface area contributed by atoms with Gasteiger partial charge in [0.25, 0.3) is 0 Å². The molecule has 0 spiro atoms.